The number of hydrogen-bond donors (Lipinski definition) is 1. The number of amides is 1. The van der Waals surface area contributed by atoms with Crippen LogP contribution in [-0.2, 0) is 9.53 Å². The summed E-state index contributed by atoms with van der Waals surface area (Å²) in [5.74, 6) is -0.877. The van der Waals surface area contributed by atoms with Gasteiger partial charge in [-0.05, 0) is 29.6 Å². The zero-order chi connectivity index (χ0) is 20.1. The molecule has 0 bridgehead atoms. The molecule has 2 aromatic heterocycles. The van der Waals surface area contributed by atoms with Gasteiger partial charge in [0.05, 0.1) is 30.2 Å². The van der Waals surface area contributed by atoms with Crippen LogP contribution in [0.2, 0.25) is 0 Å². The zero-order valence-electron chi connectivity index (χ0n) is 14.8. The molecule has 9 nitrogen and oxygen atoms in total. The van der Waals surface area contributed by atoms with Crippen molar-refractivity contribution in [3.05, 3.63) is 74.7 Å². The number of aromatic nitrogens is 2. The Hall–Kier alpha value is -3.53. The smallest absolute Gasteiger partial charge is 0.307 e. The maximum Gasteiger partial charge on any atom is 0.307 e. The minimum Gasteiger partial charge on any atom is -0.469 e. The van der Waals surface area contributed by atoms with Gasteiger partial charge in [0, 0.05) is 23.2 Å². The van der Waals surface area contributed by atoms with Crippen molar-refractivity contribution in [2.45, 2.75) is 12.5 Å². The topological polar surface area (TPSA) is 116 Å². The van der Waals surface area contributed by atoms with E-state index in [-0.39, 0.29) is 17.8 Å². The highest BCUT2D eigenvalue weighted by molar-refractivity contribution is 7.10. The normalized spacial score (nSPS) is 11.6. The first-order valence-corrected chi connectivity index (χ1v) is 9.07. The number of non-ortho nitro benzene ring substituents is 1. The molecule has 0 radical (unpaired) electrons. The second kappa shape index (κ2) is 8.44. The van der Waals surface area contributed by atoms with Crippen LogP contribution in [0.4, 0.5) is 5.69 Å². The third-order valence-corrected chi connectivity index (χ3v) is 4.92. The standard InChI is InChI=1S/C18H16N4O5S/c1-27-17(23)11-15(16-3-2-10-28-16)19-18(24)14-8-9-21(20-14)12-4-6-13(7-5-12)22(25)26/h2-10,15H,11H2,1H3,(H,19,24). The molecule has 1 unspecified atom stereocenters. The van der Waals surface area contributed by atoms with Gasteiger partial charge in [0.25, 0.3) is 11.6 Å². The highest BCUT2D eigenvalue weighted by Gasteiger charge is 2.22. The SMILES string of the molecule is COC(=O)CC(NC(=O)c1ccn(-c2ccc([N+](=O)[O-])cc2)n1)c1cccs1. The number of ether oxygens (including phenoxy) is 1. The third-order valence-electron chi connectivity index (χ3n) is 3.94. The largest absolute Gasteiger partial charge is 0.469 e. The molecule has 10 heteroatoms. The molecule has 3 aromatic rings. The Kier molecular flexibility index (Phi) is 5.80. The number of methoxy groups -OCH3 is 1. The molecule has 1 amide bonds. The van der Waals surface area contributed by atoms with Gasteiger partial charge in [-0.2, -0.15) is 5.10 Å². The van der Waals surface area contributed by atoms with E-state index in [0.29, 0.717) is 5.69 Å². The van der Waals surface area contributed by atoms with Crippen molar-refractivity contribution in [3.63, 3.8) is 0 Å². The van der Waals surface area contributed by atoms with Crippen molar-refractivity contribution in [2.24, 2.45) is 0 Å². The lowest BCUT2D eigenvalue weighted by atomic mass is 10.1. The molecule has 0 aliphatic rings. The van der Waals surface area contributed by atoms with Gasteiger partial charge in [-0.1, -0.05) is 6.07 Å². The van der Waals surface area contributed by atoms with Gasteiger partial charge in [-0.15, -0.1) is 11.3 Å². The van der Waals surface area contributed by atoms with Crippen LogP contribution in [-0.4, -0.2) is 33.7 Å². The Bertz CT molecular complexity index is 982. The van der Waals surface area contributed by atoms with E-state index in [4.69, 9.17) is 4.74 Å². The van der Waals surface area contributed by atoms with Crippen LogP contribution >= 0.6 is 11.3 Å². The van der Waals surface area contributed by atoms with Crippen LogP contribution in [0.15, 0.2) is 54.0 Å². The molecular formula is C18H16N4O5S. The molecule has 0 saturated heterocycles. The zero-order valence-corrected chi connectivity index (χ0v) is 15.6. The quantitative estimate of drug-likeness (QED) is 0.370. The summed E-state index contributed by atoms with van der Waals surface area (Å²) in [6, 6.07) is 10.5. The number of nitrogens with zero attached hydrogens (tertiary/aromatic N) is 3. The molecule has 144 valence electrons. The molecule has 1 aromatic carbocycles. The molecule has 0 fully saturated rings. The van der Waals surface area contributed by atoms with Crippen LogP contribution in [0, 0.1) is 10.1 Å². The molecule has 0 aliphatic heterocycles. The fourth-order valence-corrected chi connectivity index (χ4v) is 3.29. The van der Waals surface area contributed by atoms with Gasteiger partial charge < -0.3 is 10.1 Å². The predicted molar refractivity (Wildman–Crippen MR) is 101 cm³/mol. The van der Waals surface area contributed by atoms with Crippen LogP contribution in [0.3, 0.4) is 0 Å². The summed E-state index contributed by atoms with van der Waals surface area (Å²) in [7, 11) is 1.29. The van der Waals surface area contributed by atoms with E-state index in [1.165, 1.54) is 41.3 Å². The van der Waals surface area contributed by atoms with Crippen molar-refractivity contribution >= 4 is 28.9 Å². The first-order chi connectivity index (χ1) is 13.5. The van der Waals surface area contributed by atoms with Crippen LogP contribution in [0.1, 0.15) is 27.8 Å². The van der Waals surface area contributed by atoms with Crippen molar-refractivity contribution in [3.8, 4) is 5.69 Å². The summed E-state index contributed by atoms with van der Waals surface area (Å²) in [4.78, 5) is 35.3. The van der Waals surface area contributed by atoms with E-state index in [9.17, 15) is 19.7 Å². The second-order valence-electron chi connectivity index (χ2n) is 5.74. The molecule has 28 heavy (non-hydrogen) atoms. The Balaban J connectivity index is 1.75. The summed E-state index contributed by atoms with van der Waals surface area (Å²) >= 11 is 1.42. The monoisotopic (exact) mass is 400 g/mol. The molecule has 1 atom stereocenters. The highest BCUT2D eigenvalue weighted by atomic mass is 32.1. The summed E-state index contributed by atoms with van der Waals surface area (Å²) in [5, 5.41) is 19.6. The van der Waals surface area contributed by atoms with E-state index in [1.807, 2.05) is 17.5 Å². The number of rotatable bonds is 7. The molecular weight excluding hydrogens is 384 g/mol. The average molecular weight is 400 g/mol. The van der Waals surface area contributed by atoms with Crippen molar-refractivity contribution < 1.29 is 19.2 Å². The first-order valence-electron chi connectivity index (χ1n) is 8.19. The van der Waals surface area contributed by atoms with Crippen LogP contribution in [0.25, 0.3) is 5.69 Å². The van der Waals surface area contributed by atoms with E-state index in [2.05, 4.69) is 10.4 Å². The predicted octanol–water partition coefficient (Wildman–Crippen LogP) is 2.88. The van der Waals surface area contributed by atoms with E-state index < -0.39 is 22.8 Å². The highest BCUT2D eigenvalue weighted by Crippen LogP contribution is 2.23. The molecule has 0 saturated carbocycles. The van der Waals surface area contributed by atoms with Gasteiger partial charge in [0.15, 0.2) is 5.69 Å². The fourth-order valence-electron chi connectivity index (χ4n) is 2.51. The first kappa shape index (κ1) is 19.2. The lowest BCUT2D eigenvalue weighted by Crippen LogP contribution is -2.30. The molecule has 1 N–H and O–H groups in total. The van der Waals surface area contributed by atoms with Crippen molar-refractivity contribution in [1.82, 2.24) is 15.1 Å². The number of thiophene rings is 1. The Morgan fingerprint density at radius 3 is 2.64 bits per heavy atom. The number of nitro groups is 1. The summed E-state index contributed by atoms with van der Waals surface area (Å²) in [6.07, 6.45) is 1.59. The van der Waals surface area contributed by atoms with Crippen molar-refractivity contribution in [1.29, 1.82) is 0 Å². The minimum absolute atomic E-state index is 0.00577. The summed E-state index contributed by atoms with van der Waals surface area (Å²) < 4.78 is 6.14. The maximum absolute atomic E-state index is 12.6. The number of carbonyl (C=O) groups is 2. The number of carbonyl (C=O) groups excluding carboxylic acids is 2. The van der Waals surface area contributed by atoms with E-state index >= 15 is 0 Å². The van der Waals surface area contributed by atoms with Gasteiger partial charge in [-0.25, -0.2) is 4.68 Å². The lowest BCUT2D eigenvalue weighted by molar-refractivity contribution is -0.384. The number of nitrogens with one attached hydrogen (secondary N) is 1. The van der Waals surface area contributed by atoms with E-state index in [0.717, 1.165) is 4.88 Å². The van der Waals surface area contributed by atoms with Crippen LogP contribution in [0.5, 0.6) is 0 Å². The molecule has 2 heterocycles. The number of hydrogen-bond acceptors (Lipinski definition) is 7. The second-order valence-corrected chi connectivity index (χ2v) is 6.72. The number of nitro benzene ring substituents is 1. The maximum atomic E-state index is 12.6. The van der Waals surface area contributed by atoms with Gasteiger partial charge in [0.2, 0.25) is 0 Å². The molecule has 0 spiro atoms. The van der Waals surface area contributed by atoms with Crippen LogP contribution < -0.4 is 5.32 Å². The average Bonchev–Trinajstić information content (AvgIpc) is 3.39. The molecule has 0 aliphatic carbocycles. The van der Waals surface area contributed by atoms with Gasteiger partial charge in [-0.3, -0.25) is 19.7 Å². The Morgan fingerprint density at radius 1 is 1.29 bits per heavy atom. The fraction of sp³-hybridized carbons (Fsp3) is 0.167. The number of esters is 1. The van der Waals surface area contributed by atoms with Gasteiger partial charge >= 0.3 is 5.97 Å². The minimum atomic E-state index is -0.524. The Morgan fingerprint density at radius 2 is 2.04 bits per heavy atom. The van der Waals surface area contributed by atoms with E-state index in [1.54, 1.807) is 18.3 Å². The summed E-state index contributed by atoms with van der Waals surface area (Å²) in [6.45, 7) is 0. The Labute approximate surface area is 163 Å². The van der Waals surface area contributed by atoms with Gasteiger partial charge in [0.1, 0.15) is 0 Å². The lowest BCUT2D eigenvalue weighted by Gasteiger charge is -2.15. The molecule has 3 rings (SSSR count). The number of benzene rings is 1. The third kappa shape index (κ3) is 4.41. The van der Waals surface area contributed by atoms with Crippen molar-refractivity contribution in [2.75, 3.05) is 7.11 Å². The summed E-state index contributed by atoms with van der Waals surface area (Å²) in [5.41, 5.74) is 0.703.